The molecule has 1 atom stereocenters. The summed E-state index contributed by atoms with van der Waals surface area (Å²) in [5.74, 6) is -0.349. The summed E-state index contributed by atoms with van der Waals surface area (Å²) in [6.07, 6.45) is -0.717. The van der Waals surface area contributed by atoms with E-state index in [1.54, 1.807) is 25.1 Å². The van der Waals surface area contributed by atoms with E-state index < -0.39 is 6.10 Å². The number of hydrogen-bond acceptors (Lipinski definition) is 2. The molecule has 0 aliphatic heterocycles. The molecule has 0 bridgehead atoms. The number of halogens is 2. The Labute approximate surface area is 115 Å². The molecule has 0 heterocycles. The Morgan fingerprint density at radius 3 is 2.56 bits per heavy atom. The van der Waals surface area contributed by atoms with Crippen molar-refractivity contribution in [3.05, 3.63) is 58.9 Å². The molecule has 4 heteroatoms. The van der Waals surface area contributed by atoms with Crippen LogP contribution < -0.4 is 0 Å². The third kappa shape index (κ3) is 2.86. The van der Waals surface area contributed by atoms with Crippen LogP contribution >= 0.6 is 23.4 Å². The Hall–Kier alpha value is -1.03. The number of rotatable bonds is 3. The quantitative estimate of drug-likeness (QED) is 0.882. The van der Waals surface area contributed by atoms with E-state index in [-0.39, 0.29) is 5.82 Å². The van der Waals surface area contributed by atoms with Crippen molar-refractivity contribution in [2.45, 2.75) is 22.8 Å². The van der Waals surface area contributed by atoms with Crippen molar-refractivity contribution in [2.24, 2.45) is 0 Å². The van der Waals surface area contributed by atoms with E-state index in [1.807, 2.05) is 18.2 Å². The van der Waals surface area contributed by atoms with Gasteiger partial charge < -0.3 is 5.11 Å². The zero-order chi connectivity index (χ0) is 13.1. The molecule has 0 aliphatic rings. The summed E-state index contributed by atoms with van der Waals surface area (Å²) in [6.45, 7) is 1.62. The van der Waals surface area contributed by atoms with Crippen molar-refractivity contribution < 1.29 is 9.50 Å². The van der Waals surface area contributed by atoms with Gasteiger partial charge in [-0.15, -0.1) is 0 Å². The van der Waals surface area contributed by atoms with Crippen LogP contribution in [0.15, 0.2) is 52.3 Å². The molecule has 2 aromatic rings. The van der Waals surface area contributed by atoms with Gasteiger partial charge in [0, 0.05) is 4.90 Å². The van der Waals surface area contributed by atoms with Gasteiger partial charge in [-0.25, -0.2) is 4.39 Å². The lowest BCUT2D eigenvalue weighted by Crippen LogP contribution is -1.96. The maximum Gasteiger partial charge on any atom is 0.137 e. The summed E-state index contributed by atoms with van der Waals surface area (Å²) in [5, 5.41) is 10.2. The second-order valence-corrected chi connectivity index (χ2v) is 5.33. The summed E-state index contributed by atoms with van der Waals surface area (Å²) in [5.41, 5.74) is 0.569. The molecule has 2 aromatic carbocycles. The van der Waals surface area contributed by atoms with Gasteiger partial charge in [0.25, 0.3) is 0 Å². The van der Waals surface area contributed by atoms with Crippen LogP contribution in [0.5, 0.6) is 0 Å². The van der Waals surface area contributed by atoms with Crippen molar-refractivity contribution in [1.29, 1.82) is 0 Å². The minimum atomic E-state index is -0.717. The fraction of sp³-hybridized carbons (Fsp3) is 0.143. The predicted molar refractivity (Wildman–Crippen MR) is 72.6 cm³/mol. The Kier molecular flexibility index (Phi) is 4.27. The SMILES string of the molecule is CC(O)c1cccc(F)c1Sc1ccccc1Cl. The molecule has 2 rings (SSSR count). The first-order valence-corrected chi connectivity index (χ1v) is 6.68. The first kappa shape index (κ1) is 13.4. The monoisotopic (exact) mass is 282 g/mol. The second-order valence-electron chi connectivity index (χ2n) is 3.87. The van der Waals surface area contributed by atoms with Crippen LogP contribution in [0.4, 0.5) is 4.39 Å². The number of aliphatic hydroxyl groups is 1. The standard InChI is InChI=1S/C14H12ClFOS/c1-9(17)10-5-4-7-12(16)14(10)18-13-8-3-2-6-11(13)15/h2-9,17H,1H3. The molecule has 0 fully saturated rings. The third-order valence-electron chi connectivity index (χ3n) is 2.50. The van der Waals surface area contributed by atoms with Crippen LogP contribution in [-0.2, 0) is 0 Å². The Balaban J connectivity index is 2.43. The highest BCUT2D eigenvalue weighted by Gasteiger charge is 2.14. The van der Waals surface area contributed by atoms with E-state index in [1.165, 1.54) is 17.8 Å². The van der Waals surface area contributed by atoms with Crippen molar-refractivity contribution in [3.63, 3.8) is 0 Å². The van der Waals surface area contributed by atoms with Crippen LogP contribution in [-0.4, -0.2) is 5.11 Å². The number of benzene rings is 2. The fourth-order valence-electron chi connectivity index (χ4n) is 1.60. The molecule has 1 nitrogen and oxygen atoms in total. The van der Waals surface area contributed by atoms with Crippen molar-refractivity contribution >= 4 is 23.4 Å². The largest absolute Gasteiger partial charge is 0.389 e. The van der Waals surface area contributed by atoms with Gasteiger partial charge in [0.2, 0.25) is 0 Å². The van der Waals surface area contributed by atoms with E-state index in [0.29, 0.717) is 15.5 Å². The van der Waals surface area contributed by atoms with E-state index in [0.717, 1.165) is 4.90 Å². The van der Waals surface area contributed by atoms with Gasteiger partial charge in [-0.3, -0.25) is 0 Å². The van der Waals surface area contributed by atoms with Gasteiger partial charge in [0.1, 0.15) is 5.82 Å². The molecule has 0 aliphatic carbocycles. The molecule has 1 unspecified atom stereocenters. The number of aliphatic hydroxyl groups excluding tert-OH is 1. The van der Waals surface area contributed by atoms with Gasteiger partial charge in [-0.2, -0.15) is 0 Å². The van der Waals surface area contributed by atoms with E-state index in [9.17, 15) is 9.50 Å². The van der Waals surface area contributed by atoms with Gasteiger partial charge in [0.05, 0.1) is 16.0 Å². The molecule has 0 spiro atoms. The Morgan fingerprint density at radius 2 is 1.89 bits per heavy atom. The fourth-order valence-corrected chi connectivity index (χ4v) is 2.91. The van der Waals surface area contributed by atoms with E-state index >= 15 is 0 Å². The van der Waals surface area contributed by atoms with Crippen molar-refractivity contribution in [3.8, 4) is 0 Å². The molecule has 1 N–H and O–H groups in total. The Morgan fingerprint density at radius 1 is 1.17 bits per heavy atom. The average molecular weight is 283 g/mol. The summed E-state index contributed by atoms with van der Waals surface area (Å²) < 4.78 is 13.9. The molecule has 94 valence electrons. The van der Waals surface area contributed by atoms with Gasteiger partial charge in [0.15, 0.2) is 0 Å². The Bertz CT molecular complexity index is 557. The van der Waals surface area contributed by atoms with Crippen LogP contribution in [0.1, 0.15) is 18.6 Å². The minimum absolute atomic E-state index is 0.349. The lowest BCUT2D eigenvalue weighted by molar-refractivity contribution is 0.195. The summed E-state index contributed by atoms with van der Waals surface area (Å²) in [7, 11) is 0. The van der Waals surface area contributed by atoms with Crippen molar-refractivity contribution in [1.82, 2.24) is 0 Å². The molecule has 0 radical (unpaired) electrons. The zero-order valence-corrected chi connectivity index (χ0v) is 11.3. The predicted octanol–water partition coefficient (Wildman–Crippen LogP) is 4.68. The molecule has 18 heavy (non-hydrogen) atoms. The third-order valence-corrected chi connectivity index (χ3v) is 4.15. The van der Waals surface area contributed by atoms with Crippen LogP contribution in [0.3, 0.4) is 0 Å². The topological polar surface area (TPSA) is 20.2 Å². The molecule has 0 saturated heterocycles. The normalized spacial score (nSPS) is 12.4. The van der Waals surface area contributed by atoms with Crippen LogP contribution in [0.2, 0.25) is 5.02 Å². The van der Waals surface area contributed by atoms with Gasteiger partial charge in [-0.05, 0) is 30.7 Å². The maximum absolute atomic E-state index is 13.9. The molecule has 0 aromatic heterocycles. The summed E-state index contributed by atoms with van der Waals surface area (Å²) in [4.78, 5) is 1.19. The average Bonchev–Trinajstić information content (AvgIpc) is 2.34. The first-order chi connectivity index (χ1) is 8.59. The van der Waals surface area contributed by atoms with Gasteiger partial charge in [-0.1, -0.05) is 47.6 Å². The molecule has 0 saturated carbocycles. The van der Waals surface area contributed by atoms with Crippen molar-refractivity contribution in [2.75, 3.05) is 0 Å². The first-order valence-electron chi connectivity index (χ1n) is 5.48. The zero-order valence-electron chi connectivity index (χ0n) is 9.73. The number of hydrogen-bond donors (Lipinski definition) is 1. The molecular formula is C14H12ClFOS. The minimum Gasteiger partial charge on any atom is -0.389 e. The molecular weight excluding hydrogens is 271 g/mol. The highest BCUT2D eigenvalue weighted by Crippen LogP contribution is 2.38. The smallest absolute Gasteiger partial charge is 0.137 e. The maximum atomic E-state index is 13.9. The lowest BCUT2D eigenvalue weighted by atomic mass is 10.1. The highest BCUT2D eigenvalue weighted by atomic mass is 35.5. The highest BCUT2D eigenvalue weighted by molar-refractivity contribution is 7.99. The summed E-state index contributed by atoms with van der Waals surface area (Å²) >= 11 is 7.28. The van der Waals surface area contributed by atoms with Gasteiger partial charge >= 0.3 is 0 Å². The van der Waals surface area contributed by atoms with Crippen LogP contribution in [0, 0.1) is 5.82 Å². The second kappa shape index (κ2) is 5.74. The van der Waals surface area contributed by atoms with E-state index in [2.05, 4.69) is 0 Å². The lowest BCUT2D eigenvalue weighted by Gasteiger charge is -2.13. The van der Waals surface area contributed by atoms with E-state index in [4.69, 9.17) is 11.6 Å². The summed E-state index contributed by atoms with van der Waals surface area (Å²) in [6, 6.07) is 11.9. The van der Waals surface area contributed by atoms with Crippen LogP contribution in [0.25, 0.3) is 0 Å². The molecule has 0 amide bonds.